The van der Waals surface area contributed by atoms with Crippen LogP contribution in [0.4, 0.5) is 10.5 Å². The van der Waals surface area contributed by atoms with E-state index in [2.05, 4.69) is 5.32 Å². The minimum atomic E-state index is -4.23. The van der Waals surface area contributed by atoms with Gasteiger partial charge in [-0.2, -0.15) is 8.42 Å². The summed E-state index contributed by atoms with van der Waals surface area (Å²) >= 11 is 6.86. The molecule has 13 heteroatoms. The van der Waals surface area contributed by atoms with Crippen LogP contribution in [0.25, 0.3) is 6.08 Å². The first-order valence-corrected chi connectivity index (χ1v) is 14.9. The van der Waals surface area contributed by atoms with Crippen molar-refractivity contribution in [1.82, 2.24) is 4.90 Å². The Balaban J connectivity index is 1.47. The number of nitrogens with one attached hydrogen (secondary N) is 1. The predicted octanol–water partition coefficient (Wildman–Crippen LogP) is 5.58. The highest BCUT2D eigenvalue weighted by molar-refractivity contribution is 8.18. The molecule has 214 valence electrons. The van der Waals surface area contributed by atoms with Gasteiger partial charge < -0.3 is 19.0 Å². The highest BCUT2D eigenvalue weighted by atomic mass is 35.5. The topological polar surface area (TPSA) is 128 Å². The van der Waals surface area contributed by atoms with E-state index in [-0.39, 0.29) is 47.0 Å². The van der Waals surface area contributed by atoms with Crippen molar-refractivity contribution in [3.8, 4) is 17.2 Å². The lowest BCUT2D eigenvalue weighted by Gasteiger charge is -2.14. The highest BCUT2D eigenvalue weighted by Crippen LogP contribution is 2.36. The number of amides is 3. The molecule has 3 aromatic rings. The molecular formula is C28H25ClN2O8S2. The number of carbonyl (C=O) groups is 3. The standard InChI is InChI=1S/C28H25ClN2O8S2/c1-3-37-25-16-19(8-13-24(25)39-41(35,36)21-11-9-20(10-12-21)30-18(2)32)17-26-27(33)31(28(34)40-26)14-15-38-23-7-5-4-6-22(23)29/h4-13,16-17H,3,14-15H2,1-2H3,(H,30,32)/b26-17-. The summed E-state index contributed by atoms with van der Waals surface area (Å²) < 4.78 is 42.3. The number of hydrogen-bond acceptors (Lipinski definition) is 9. The van der Waals surface area contributed by atoms with Gasteiger partial charge in [0.15, 0.2) is 11.5 Å². The molecule has 0 aliphatic carbocycles. The Morgan fingerprint density at radius 2 is 1.73 bits per heavy atom. The Kier molecular flexibility index (Phi) is 9.58. The monoisotopic (exact) mass is 616 g/mol. The van der Waals surface area contributed by atoms with Crippen LogP contribution in [0.1, 0.15) is 19.4 Å². The third-order valence-electron chi connectivity index (χ3n) is 5.51. The summed E-state index contributed by atoms with van der Waals surface area (Å²) in [5, 5.41) is 2.54. The average Bonchev–Trinajstić information content (AvgIpc) is 3.18. The molecule has 0 atom stereocenters. The van der Waals surface area contributed by atoms with E-state index in [1.54, 1.807) is 37.3 Å². The number of hydrogen-bond donors (Lipinski definition) is 1. The number of rotatable bonds is 11. The number of ether oxygens (including phenoxy) is 2. The first-order valence-electron chi connectivity index (χ1n) is 12.3. The zero-order valence-corrected chi connectivity index (χ0v) is 24.3. The second-order valence-corrected chi connectivity index (χ2v) is 11.4. The first kappa shape index (κ1) is 30.0. The zero-order valence-electron chi connectivity index (χ0n) is 22.0. The number of anilines is 1. The molecule has 1 aliphatic heterocycles. The summed E-state index contributed by atoms with van der Waals surface area (Å²) in [7, 11) is -4.23. The minimum Gasteiger partial charge on any atom is -0.490 e. The Labute approximate surface area is 246 Å². The largest absolute Gasteiger partial charge is 0.490 e. The lowest BCUT2D eigenvalue weighted by atomic mass is 10.2. The number of halogens is 1. The average molecular weight is 617 g/mol. The van der Waals surface area contributed by atoms with Crippen molar-refractivity contribution in [2.75, 3.05) is 25.1 Å². The van der Waals surface area contributed by atoms with E-state index in [0.717, 1.165) is 16.7 Å². The molecule has 1 fully saturated rings. The van der Waals surface area contributed by atoms with Crippen LogP contribution in [0.15, 0.2) is 76.5 Å². The molecule has 1 heterocycles. The zero-order chi connectivity index (χ0) is 29.6. The summed E-state index contributed by atoms with van der Waals surface area (Å²) in [4.78, 5) is 37.8. The normalized spacial score (nSPS) is 14.3. The van der Waals surface area contributed by atoms with E-state index in [9.17, 15) is 22.8 Å². The number of imide groups is 1. The van der Waals surface area contributed by atoms with Gasteiger partial charge in [-0.25, -0.2) is 0 Å². The van der Waals surface area contributed by atoms with Crippen LogP contribution in [0.5, 0.6) is 17.2 Å². The number of para-hydroxylation sites is 1. The SMILES string of the molecule is CCOc1cc(/C=C2\SC(=O)N(CCOc3ccccc3Cl)C2=O)ccc1OS(=O)(=O)c1ccc(NC(C)=O)cc1. The van der Waals surface area contributed by atoms with E-state index >= 15 is 0 Å². The molecule has 0 unspecified atom stereocenters. The molecule has 10 nitrogen and oxygen atoms in total. The van der Waals surface area contributed by atoms with Crippen LogP contribution >= 0.6 is 23.4 Å². The van der Waals surface area contributed by atoms with Gasteiger partial charge in [0.1, 0.15) is 17.3 Å². The smallest absolute Gasteiger partial charge is 0.339 e. The summed E-state index contributed by atoms with van der Waals surface area (Å²) in [6.45, 7) is 3.39. The van der Waals surface area contributed by atoms with E-state index < -0.39 is 21.3 Å². The third-order valence-corrected chi connectivity index (χ3v) is 7.98. The van der Waals surface area contributed by atoms with Crippen molar-refractivity contribution in [2.24, 2.45) is 0 Å². The van der Waals surface area contributed by atoms with Crippen molar-refractivity contribution < 1.29 is 36.5 Å². The van der Waals surface area contributed by atoms with Gasteiger partial charge in [-0.1, -0.05) is 29.8 Å². The maximum Gasteiger partial charge on any atom is 0.339 e. The summed E-state index contributed by atoms with van der Waals surface area (Å²) in [5.74, 6) is -0.241. The summed E-state index contributed by atoms with van der Waals surface area (Å²) in [6.07, 6.45) is 1.52. The molecular weight excluding hydrogens is 592 g/mol. The predicted molar refractivity (Wildman–Crippen MR) is 156 cm³/mol. The molecule has 1 saturated heterocycles. The number of benzene rings is 3. The molecule has 1 N–H and O–H groups in total. The van der Waals surface area contributed by atoms with Crippen LogP contribution < -0.4 is 19.0 Å². The summed E-state index contributed by atoms with van der Waals surface area (Å²) in [5.41, 5.74) is 0.934. The molecule has 0 bridgehead atoms. The Bertz CT molecular complexity index is 1610. The molecule has 0 radical (unpaired) electrons. The van der Waals surface area contributed by atoms with Gasteiger partial charge in [0.2, 0.25) is 5.91 Å². The second-order valence-electron chi connectivity index (χ2n) is 8.49. The quantitative estimate of drug-likeness (QED) is 0.217. The van der Waals surface area contributed by atoms with Gasteiger partial charge in [-0.3, -0.25) is 19.3 Å². The van der Waals surface area contributed by atoms with Crippen molar-refractivity contribution in [2.45, 2.75) is 18.7 Å². The number of thioether (sulfide) groups is 1. The van der Waals surface area contributed by atoms with Gasteiger partial charge in [-0.05, 0) is 78.9 Å². The fourth-order valence-electron chi connectivity index (χ4n) is 3.68. The molecule has 4 rings (SSSR count). The van der Waals surface area contributed by atoms with Gasteiger partial charge >= 0.3 is 10.1 Å². The Hall–Kier alpha value is -4.00. The Morgan fingerprint density at radius 1 is 1.00 bits per heavy atom. The fourth-order valence-corrected chi connectivity index (χ4v) is 5.67. The van der Waals surface area contributed by atoms with Gasteiger partial charge in [-0.15, -0.1) is 0 Å². The van der Waals surface area contributed by atoms with Crippen molar-refractivity contribution in [3.05, 3.63) is 82.2 Å². The van der Waals surface area contributed by atoms with Gasteiger partial charge in [0.25, 0.3) is 11.1 Å². The lowest BCUT2D eigenvalue weighted by molar-refractivity contribution is -0.123. The van der Waals surface area contributed by atoms with Crippen LogP contribution in [-0.4, -0.2) is 50.1 Å². The van der Waals surface area contributed by atoms with Crippen molar-refractivity contribution in [3.63, 3.8) is 0 Å². The van der Waals surface area contributed by atoms with Crippen molar-refractivity contribution in [1.29, 1.82) is 0 Å². The fraction of sp³-hybridized carbons (Fsp3) is 0.179. The lowest BCUT2D eigenvalue weighted by Crippen LogP contribution is -2.32. The second kappa shape index (κ2) is 13.1. The van der Waals surface area contributed by atoms with E-state index in [4.69, 9.17) is 25.3 Å². The maximum absolute atomic E-state index is 12.9. The van der Waals surface area contributed by atoms with Crippen LogP contribution in [0.3, 0.4) is 0 Å². The summed E-state index contributed by atoms with van der Waals surface area (Å²) in [6, 6.07) is 16.9. The van der Waals surface area contributed by atoms with Gasteiger partial charge in [0, 0.05) is 12.6 Å². The number of carbonyl (C=O) groups excluding carboxylic acids is 3. The van der Waals surface area contributed by atoms with Gasteiger partial charge in [0.05, 0.1) is 23.1 Å². The molecule has 0 aromatic heterocycles. The maximum atomic E-state index is 12.9. The van der Waals surface area contributed by atoms with E-state index in [1.807, 2.05) is 0 Å². The molecule has 0 spiro atoms. The van der Waals surface area contributed by atoms with Crippen molar-refractivity contribution >= 4 is 62.3 Å². The molecule has 41 heavy (non-hydrogen) atoms. The van der Waals surface area contributed by atoms with E-state index in [0.29, 0.717) is 22.0 Å². The van der Waals surface area contributed by atoms with Crippen LogP contribution in [0.2, 0.25) is 5.02 Å². The first-order chi connectivity index (χ1) is 19.6. The highest BCUT2D eigenvalue weighted by Gasteiger charge is 2.35. The molecule has 3 amide bonds. The van der Waals surface area contributed by atoms with Crippen LogP contribution in [0, 0.1) is 0 Å². The third kappa shape index (κ3) is 7.60. The minimum absolute atomic E-state index is 0.0356. The number of nitrogens with zero attached hydrogens (tertiary/aromatic N) is 1. The molecule has 1 aliphatic rings. The van der Waals surface area contributed by atoms with Crippen LogP contribution in [-0.2, 0) is 19.7 Å². The molecule has 0 saturated carbocycles. The Morgan fingerprint density at radius 3 is 2.41 bits per heavy atom. The van der Waals surface area contributed by atoms with E-state index in [1.165, 1.54) is 49.4 Å². The molecule has 3 aromatic carbocycles.